The van der Waals surface area contributed by atoms with E-state index in [1.54, 1.807) is 0 Å². The monoisotopic (exact) mass is 269 g/mol. The summed E-state index contributed by atoms with van der Waals surface area (Å²) < 4.78 is 7.20. The van der Waals surface area contributed by atoms with E-state index in [2.05, 4.69) is 10.1 Å². The van der Waals surface area contributed by atoms with Crippen LogP contribution in [0.15, 0.2) is 28.7 Å². The molecule has 0 saturated heterocycles. The molecule has 1 aromatic carbocycles. The summed E-state index contributed by atoms with van der Waals surface area (Å²) in [7, 11) is 0. The third kappa shape index (κ3) is 1.48. The first kappa shape index (κ1) is 11.2. The van der Waals surface area contributed by atoms with Crippen LogP contribution in [0, 0.1) is 0 Å². The predicted molar refractivity (Wildman–Crippen MR) is 70.1 cm³/mol. The van der Waals surface area contributed by atoms with Crippen molar-refractivity contribution in [2.45, 2.75) is 19.3 Å². The maximum absolute atomic E-state index is 11.3. The van der Waals surface area contributed by atoms with Crippen LogP contribution in [0.5, 0.6) is 0 Å². The zero-order valence-corrected chi connectivity index (χ0v) is 10.5. The lowest BCUT2D eigenvalue weighted by atomic mass is 10.2. The average Bonchev–Trinajstić information content (AvgIpc) is 3.11. The normalized spacial score (nSPS) is 13.8. The van der Waals surface area contributed by atoms with Gasteiger partial charge in [-0.25, -0.2) is 4.79 Å². The van der Waals surface area contributed by atoms with Crippen molar-refractivity contribution in [3.63, 3.8) is 0 Å². The molecule has 20 heavy (non-hydrogen) atoms. The first-order valence-electron chi connectivity index (χ1n) is 6.44. The van der Waals surface area contributed by atoms with Gasteiger partial charge in [-0.2, -0.15) is 14.8 Å². The Morgan fingerprint density at radius 3 is 2.95 bits per heavy atom. The minimum atomic E-state index is -1.00. The van der Waals surface area contributed by atoms with Gasteiger partial charge >= 0.3 is 12.0 Å². The zero-order chi connectivity index (χ0) is 13.7. The van der Waals surface area contributed by atoms with Crippen LogP contribution in [0.4, 0.5) is 0 Å². The summed E-state index contributed by atoms with van der Waals surface area (Å²) in [5.41, 5.74) is 3.22. The van der Waals surface area contributed by atoms with E-state index in [-0.39, 0.29) is 5.69 Å². The van der Waals surface area contributed by atoms with E-state index in [1.165, 1.54) is 4.68 Å². The lowest BCUT2D eigenvalue weighted by Crippen LogP contribution is -2.04. The number of aromatic carboxylic acids is 1. The smallest absolute Gasteiger partial charge is 0.356 e. The molecule has 0 radical (unpaired) electrons. The maximum atomic E-state index is 11.3. The molecule has 2 heterocycles. The van der Waals surface area contributed by atoms with Gasteiger partial charge < -0.3 is 9.52 Å². The fraction of sp³-hybridized carbons (Fsp3) is 0.214. The number of carboxylic acid groups (broad SMARTS) is 1. The van der Waals surface area contributed by atoms with Crippen molar-refractivity contribution in [2.75, 3.05) is 0 Å². The summed E-state index contributed by atoms with van der Waals surface area (Å²) in [4.78, 5) is 15.6. The summed E-state index contributed by atoms with van der Waals surface area (Å²) >= 11 is 0. The zero-order valence-electron chi connectivity index (χ0n) is 10.5. The molecule has 0 atom stereocenters. The van der Waals surface area contributed by atoms with Crippen molar-refractivity contribution in [3.8, 4) is 6.01 Å². The molecule has 2 aromatic heterocycles. The Hall–Kier alpha value is -2.63. The average molecular weight is 269 g/mol. The third-order valence-corrected chi connectivity index (χ3v) is 3.60. The first-order valence-corrected chi connectivity index (χ1v) is 6.44. The van der Waals surface area contributed by atoms with E-state index in [0.29, 0.717) is 11.6 Å². The number of hydrogen-bond donors (Lipinski definition) is 1. The predicted octanol–water partition coefficient (Wildman–Crippen LogP) is 2.20. The molecule has 0 saturated carbocycles. The second-order valence-electron chi connectivity index (χ2n) is 4.81. The number of hydrogen-bond acceptors (Lipinski definition) is 4. The Bertz CT molecular complexity index is 798. The molecule has 3 aromatic rings. The first-order chi connectivity index (χ1) is 9.74. The Morgan fingerprint density at radius 1 is 1.30 bits per heavy atom. The number of carbonyl (C=O) groups is 1. The molecule has 1 aliphatic carbocycles. The van der Waals surface area contributed by atoms with E-state index in [9.17, 15) is 9.90 Å². The molecule has 6 heteroatoms. The third-order valence-electron chi connectivity index (χ3n) is 3.60. The van der Waals surface area contributed by atoms with Crippen LogP contribution in [-0.2, 0) is 12.8 Å². The molecule has 6 nitrogen and oxygen atoms in total. The van der Waals surface area contributed by atoms with Gasteiger partial charge in [0.1, 0.15) is 5.52 Å². The minimum Gasteiger partial charge on any atom is -0.476 e. The Kier molecular flexibility index (Phi) is 2.20. The SMILES string of the molecule is O=C(O)c1nn(-c2nc3ccccc3o2)c2c1CCC2. The van der Waals surface area contributed by atoms with Crippen LogP contribution in [0.2, 0.25) is 0 Å². The fourth-order valence-corrected chi connectivity index (χ4v) is 2.72. The topological polar surface area (TPSA) is 81.1 Å². The number of oxazole rings is 1. The molecule has 0 aliphatic heterocycles. The Labute approximate surface area is 113 Å². The van der Waals surface area contributed by atoms with Gasteiger partial charge in [0.15, 0.2) is 11.3 Å². The van der Waals surface area contributed by atoms with Crippen molar-refractivity contribution in [1.29, 1.82) is 0 Å². The molecule has 100 valence electrons. The van der Waals surface area contributed by atoms with Crippen LogP contribution >= 0.6 is 0 Å². The van der Waals surface area contributed by atoms with Crippen molar-refractivity contribution in [2.24, 2.45) is 0 Å². The molecule has 0 spiro atoms. The van der Waals surface area contributed by atoms with Crippen molar-refractivity contribution >= 4 is 17.1 Å². The van der Waals surface area contributed by atoms with Crippen LogP contribution in [0.1, 0.15) is 28.2 Å². The second kappa shape index (κ2) is 3.93. The number of carboxylic acids is 1. The number of fused-ring (bicyclic) bond motifs is 2. The van der Waals surface area contributed by atoms with E-state index >= 15 is 0 Å². The van der Waals surface area contributed by atoms with Crippen LogP contribution in [-0.4, -0.2) is 25.8 Å². The second-order valence-corrected chi connectivity index (χ2v) is 4.81. The maximum Gasteiger partial charge on any atom is 0.356 e. The molecule has 4 rings (SSSR count). The number of rotatable bonds is 2. The highest BCUT2D eigenvalue weighted by Crippen LogP contribution is 2.28. The van der Waals surface area contributed by atoms with E-state index < -0.39 is 5.97 Å². The van der Waals surface area contributed by atoms with Gasteiger partial charge in [-0.15, -0.1) is 0 Å². The van der Waals surface area contributed by atoms with E-state index in [1.807, 2.05) is 24.3 Å². The van der Waals surface area contributed by atoms with Gasteiger partial charge in [-0.1, -0.05) is 12.1 Å². The summed E-state index contributed by atoms with van der Waals surface area (Å²) in [5.74, 6) is -1.00. The van der Waals surface area contributed by atoms with Crippen LogP contribution < -0.4 is 0 Å². The fourth-order valence-electron chi connectivity index (χ4n) is 2.72. The summed E-state index contributed by atoms with van der Waals surface area (Å²) in [6.07, 6.45) is 2.49. The number of nitrogens with zero attached hydrogens (tertiary/aromatic N) is 3. The van der Waals surface area contributed by atoms with Gasteiger partial charge in [0, 0.05) is 5.56 Å². The highest BCUT2D eigenvalue weighted by molar-refractivity contribution is 5.87. The van der Waals surface area contributed by atoms with E-state index in [4.69, 9.17) is 4.42 Å². The molecule has 1 N–H and O–H groups in total. The van der Waals surface area contributed by atoms with Crippen molar-refractivity contribution < 1.29 is 14.3 Å². The summed E-state index contributed by atoms with van der Waals surface area (Å²) in [6.45, 7) is 0. The van der Waals surface area contributed by atoms with Gasteiger partial charge in [-0.05, 0) is 31.4 Å². The van der Waals surface area contributed by atoms with E-state index in [0.717, 1.165) is 36.0 Å². The van der Waals surface area contributed by atoms with Gasteiger partial charge in [0.05, 0.1) is 5.69 Å². The highest BCUT2D eigenvalue weighted by atomic mass is 16.4. The molecule has 0 fully saturated rings. The molecule has 1 aliphatic rings. The summed E-state index contributed by atoms with van der Waals surface area (Å²) in [6, 6.07) is 7.76. The standard InChI is InChI=1S/C14H11N3O3/c18-13(19)12-8-4-3-6-10(8)17(16-12)14-15-9-5-1-2-7-11(9)20-14/h1-2,5,7H,3-4,6H2,(H,18,19). The quantitative estimate of drug-likeness (QED) is 0.771. The van der Waals surface area contributed by atoms with Gasteiger partial charge in [0.25, 0.3) is 0 Å². The number of para-hydroxylation sites is 2. The van der Waals surface area contributed by atoms with Gasteiger partial charge in [-0.3, -0.25) is 0 Å². The van der Waals surface area contributed by atoms with Crippen LogP contribution in [0.25, 0.3) is 17.1 Å². The minimum absolute atomic E-state index is 0.111. The van der Waals surface area contributed by atoms with Crippen LogP contribution in [0.3, 0.4) is 0 Å². The number of benzene rings is 1. The van der Waals surface area contributed by atoms with Crippen molar-refractivity contribution in [3.05, 3.63) is 41.2 Å². The van der Waals surface area contributed by atoms with Crippen molar-refractivity contribution in [1.82, 2.24) is 14.8 Å². The molecule has 0 unspecified atom stereocenters. The number of aromatic nitrogens is 3. The lowest BCUT2D eigenvalue weighted by molar-refractivity contribution is 0.0688. The molecule has 0 bridgehead atoms. The Morgan fingerprint density at radius 2 is 2.15 bits per heavy atom. The summed E-state index contributed by atoms with van der Waals surface area (Å²) in [5, 5.41) is 13.4. The molecular formula is C14H11N3O3. The largest absolute Gasteiger partial charge is 0.476 e. The molecular weight excluding hydrogens is 258 g/mol. The highest BCUT2D eigenvalue weighted by Gasteiger charge is 2.28. The Balaban J connectivity index is 1.94. The molecule has 0 amide bonds. The lowest BCUT2D eigenvalue weighted by Gasteiger charge is -1.98. The van der Waals surface area contributed by atoms with Gasteiger partial charge in [0.2, 0.25) is 0 Å².